The van der Waals surface area contributed by atoms with Gasteiger partial charge < -0.3 is 5.11 Å². The highest BCUT2D eigenvalue weighted by molar-refractivity contribution is 5.31. The predicted octanol–water partition coefficient (Wildman–Crippen LogP) is 4.73. The van der Waals surface area contributed by atoms with Crippen molar-refractivity contribution >= 4 is 0 Å². The van der Waals surface area contributed by atoms with E-state index in [-0.39, 0.29) is 10.8 Å². The van der Waals surface area contributed by atoms with Crippen LogP contribution in [0, 0.1) is 10.8 Å². The second kappa shape index (κ2) is 4.56. The minimum absolute atomic E-state index is 0.0230. The van der Waals surface area contributed by atoms with Gasteiger partial charge in [-0.05, 0) is 34.4 Å². The maximum Gasteiger partial charge on any atom is 0.115 e. The third-order valence-corrected chi connectivity index (χ3v) is 3.36. The summed E-state index contributed by atoms with van der Waals surface area (Å²) in [4.78, 5) is 0. The van der Waals surface area contributed by atoms with E-state index in [4.69, 9.17) is 0 Å². The van der Waals surface area contributed by atoms with E-state index < -0.39 is 0 Å². The van der Waals surface area contributed by atoms with Gasteiger partial charge in [-0.1, -0.05) is 52.8 Å². The van der Waals surface area contributed by atoms with E-state index in [0.29, 0.717) is 11.7 Å². The van der Waals surface area contributed by atoms with Gasteiger partial charge in [-0.3, -0.25) is 0 Å². The molecule has 1 aromatic carbocycles. The van der Waals surface area contributed by atoms with Crippen LogP contribution in [0.3, 0.4) is 0 Å². The molecule has 1 nitrogen and oxygen atoms in total. The first-order valence-corrected chi connectivity index (χ1v) is 6.11. The molecule has 0 spiro atoms. The molecule has 0 bridgehead atoms. The molecule has 1 atom stereocenters. The summed E-state index contributed by atoms with van der Waals surface area (Å²) >= 11 is 0. The van der Waals surface area contributed by atoms with Crippen molar-refractivity contribution in [1.29, 1.82) is 0 Å². The van der Waals surface area contributed by atoms with Crippen molar-refractivity contribution in [2.24, 2.45) is 10.8 Å². The zero-order valence-electron chi connectivity index (χ0n) is 11.6. The van der Waals surface area contributed by atoms with Crippen LogP contribution in [-0.2, 0) is 0 Å². The molecule has 0 fully saturated rings. The average molecular weight is 232 g/mol. The van der Waals surface area contributed by atoms with Crippen LogP contribution < -0.4 is 0 Å². The van der Waals surface area contributed by atoms with Crippen LogP contribution in [0.25, 0.3) is 0 Å². The summed E-state index contributed by atoms with van der Waals surface area (Å²) < 4.78 is 0. The highest BCUT2D eigenvalue weighted by Crippen LogP contribution is 2.48. The Bertz CT molecular complexity index is 379. The zero-order valence-corrected chi connectivity index (χ0v) is 11.6. The maximum absolute atomic E-state index is 9.38. The van der Waals surface area contributed by atoms with Crippen molar-refractivity contribution in [3.63, 3.8) is 0 Å². The van der Waals surface area contributed by atoms with Crippen molar-refractivity contribution in [3.8, 4) is 5.75 Å². The topological polar surface area (TPSA) is 20.2 Å². The predicted molar refractivity (Wildman–Crippen MR) is 74.3 cm³/mol. The lowest BCUT2D eigenvalue weighted by Crippen LogP contribution is -2.31. The second-order valence-corrected chi connectivity index (χ2v) is 6.42. The minimum atomic E-state index is 0.0230. The highest BCUT2D eigenvalue weighted by atomic mass is 16.3. The van der Waals surface area contributed by atoms with E-state index in [0.717, 1.165) is 0 Å². The van der Waals surface area contributed by atoms with Crippen LogP contribution in [0.2, 0.25) is 0 Å². The van der Waals surface area contributed by atoms with Crippen molar-refractivity contribution in [1.82, 2.24) is 0 Å². The first kappa shape index (κ1) is 13.8. The summed E-state index contributed by atoms with van der Waals surface area (Å²) in [7, 11) is 0. The monoisotopic (exact) mass is 232 g/mol. The molecule has 0 aliphatic carbocycles. The SMILES string of the molecule is C=CC(C)(C)C(c1ccc(O)cc1)C(C)(C)C. The van der Waals surface area contributed by atoms with Gasteiger partial charge in [0.1, 0.15) is 5.75 Å². The zero-order chi connectivity index (χ0) is 13.3. The molecule has 0 aromatic heterocycles. The van der Waals surface area contributed by atoms with E-state index in [2.05, 4.69) is 41.2 Å². The fourth-order valence-corrected chi connectivity index (χ4v) is 2.83. The highest BCUT2D eigenvalue weighted by Gasteiger charge is 2.37. The van der Waals surface area contributed by atoms with Gasteiger partial charge in [-0.25, -0.2) is 0 Å². The molecule has 0 saturated heterocycles. The lowest BCUT2D eigenvalue weighted by molar-refractivity contribution is 0.202. The third kappa shape index (κ3) is 3.12. The number of hydrogen-bond donors (Lipinski definition) is 1. The Hall–Kier alpha value is -1.24. The van der Waals surface area contributed by atoms with Crippen molar-refractivity contribution < 1.29 is 5.11 Å². The Morgan fingerprint density at radius 1 is 1.06 bits per heavy atom. The van der Waals surface area contributed by atoms with Gasteiger partial charge in [0, 0.05) is 0 Å². The number of benzene rings is 1. The molecule has 0 aliphatic heterocycles. The molecular weight excluding hydrogens is 208 g/mol. The normalized spacial score (nSPS) is 14.4. The van der Waals surface area contributed by atoms with Gasteiger partial charge in [0.05, 0.1) is 0 Å². The van der Waals surface area contributed by atoms with Crippen molar-refractivity contribution in [2.75, 3.05) is 0 Å². The van der Waals surface area contributed by atoms with E-state index >= 15 is 0 Å². The average Bonchev–Trinajstić information content (AvgIpc) is 2.19. The fourth-order valence-electron chi connectivity index (χ4n) is 2.83. The van der Waals surface area contributed by atoms with Gasteiger partial charge in [-0.2, -0.15) is 0 Å². The van der Waals surface area contributed by atoms with Crippen LogP contribution in [0.5, 0.6) is 5.75 Å². The lowest BCUT2D eigenvalue weighted by Gasteiger charge is -2.41. The number of phenols is 1. The molecule has 1 heteroatoms. The smallest absolute Gasteiger partial charge is 0.115 e. The first-order valence-electron chi connectivity index (χ1n) is 6.11. The molecule has 1 unspecified atom stereocenters. The van der Waals surface area contributed by atoms with Gasteiger partial charge in [0.25, 0.3) is 0 Å². The van der Waals surface area contributed by atoms with E-state index in [1.165, 1.54) is 5.56 Å². The summed E-state index contributed by atoms with van der Waals surface area (Å²) in [6.45, 7) is 15.1. The Balaban J connectivity index is 3.25. The van der Waals surface area contributed by atoms with Crippen LogP contribution in [0.1, 0.15) is 46.1 Å². The molecule has 0 aliphatic rings. The molecule has 0 amide bonds. The van der Waals surface area contributed by atoms with E-state index in [1.807, 2.05) is 18.2 Å². The summed E-state index contributed by atoms with van der Waals surface area (Å²) in [5.41, 5.74) is 1.42. The molecular formula is C16H24O. The second-order valence-electron chi connectivity index (χ2n) is 6.42. The van der Waals surface area contributed by atoms with Gasteiger partial charge in [0.15, 0.2) is 0 Å². The van der Waals surface area contributed by atoms with Gasteiger partial charge in [0.2, 0.25) is 0 Å². The number of aromatic hydroxyl groups is 1. The standard InChI is InChI=1S/C16H24O/c1-7-16(5,6)14(15(2,3)4)12-8-10-13(17)11-9-12/h7-11,14,17H,1H2,2-6H3. The number of rotatable bonds is 3. The Labute approximate surface area is 105 Å². The molecule has 94 valence electrons. The van der Waals surface area contributed by atoms with Gasteiger partial charge in [-0.15, -0.1) is 6.58 Å². The molecule has 0 saturated carbocycles. The molecule has 0 radical (unpaired) electrons. The number of hydrogen-bond acceptors (Lipinski definition) is 1. The van der Waals surface area contributed by atoms with Crippen molar-refractivity contribution in [3.05, 3.63) is 42.5 Å². The maximum atomic E-state index is 9.38. The van der Waals surface area contributed by atoms with E-state index in [9.17, 15) is 5.11 Å². The first-order chi connectivity index (χ1) is 7.68. The molecule has 1 rings (SSSR count). The number of allylic oxidation sites excluding steroid dienone is 1. The summed E-state index contributed by atoms with van der Waals surface area (Å²) in [6, 6.07) is 7.54. The van der Waals surface area contributed by atoms with Crippen molar-refractivity contribution in [2.45, 2.75) is 40.5 Å². The fraction of sp³-hybridized carbons (Fsp3) is 0.500. The summed E-state index contributed by atoms with van der Waals surface area (Å²) in [5, 5.41) is 9.38. The Morgan fingerprint density at radius 2 is 1.53 bits per heavy atom. The quantitative estimate of drug-likeness (QED) is 0.747. The lowest BCUT2D eigenvalue weighted by atomic mass is 9.63. The molecule has 17 heavy (non-hydrogen) atoms. The van der Waals surface area contributed by atoms with Crippen LogP contribution in [0.4, 0.5) is 0 Å². The van der Waals surface area contributed by atoms with Crippen LogP contribution in [0.15, 0.2) is 36.9 Å². The molecule has 0 heterocycles. The Morgan fingerprint density at radius 3 is 1.88 bits per heavy atom. The van der Waals surface area contributed by atoms with Crippen LogP contribution >= 0.6 is 0 Å². The minimum Gasteiger partial charge on any atom is -0.508 e. The van der Waals surface area contributed by atoms with E-state index in [1.54, 1.807) is 12.1 Å². The largest absolute Gasteiger partial charge is 0.508 e. The summed E-state index contributed by atoms with van der Waals surface area (Å²) in [6.07, 6.45) is 2.02. The third-order valence-electron chi connectivity index (χ3n) is 3.36. The Kier molecular flexibility index (Phi) is 3.71. The number of phenolic OH excluding ortho intramolecular Hbond substituents is 1. The molecule has 1 N–H and O–H groups in total. The van der Waals surface area contributed by atoms with Crippen LogP contribution in [-0.4, -0.2) is 5.11 Å². The summed E-state index contributed by atoms with van der Waals surface area (Å²) in [5.74, 6) is 0.686. The van der Waals surface area contributed by atoms with Gasteiger partial charge >= 0.3 is 0 Å². The molecule has 1 aromatic rings.